The Morgan fingerprint density at radius 2 is 1.65 bits per heavy atom. The van der Waals surface area contributed by atoms with Gasteiger partial charge in [-0.1, -0.05) is 17.7 Å². The van der Waals surface area contributed by atoms with Gasteiger partial charge in [-0.25, -0.2) is 0 Å². The van der Waals surface area contributed by atoms with Crippen LogP contribution in [0.3, 0.4) is 0 Å². The van der Waals surface area contributed by atoms with Crippen LogP contribution in [0.25, 0.3) is 0 Å². The molecule has 2 rings (SSSR count). The van der Waals surface area contributed by atoms with E-state index in [4.69, 9.17) is 9.47 Å². The second-order valence-electron chi connectivity index (χ2n) is 6.25. The summed E-state index contributed by atoms with van der Waals surface area (Å²) in [6.07, 6.45) is 0. The van der Waals surface area contributed by atoms with Crippen LogP contribution in [0, 0.1) is 20.8 Å². The van der Waals surface area contributed by atoms with E-state index in [1.807, 2.05) is 45.0 Å². The maximum absolute atomic E-state index is 12.2. The molecule has 5 nitrogen and oxygen atoms in total. The molecular weight excluding hydrogens is 328 g/mol. The van der Waals surface area contributed by atoms with Gasteiger partial charge in [0, 0.05) is 18.0 Å². The van der Waals surface area contributed by atoms with Gasteiger partial charge >= 0.3 is 0 Å². The number of carbonyl (C=O) groups is 1. The van der Waals surface area contributed by atoms with Gasteiger partial charge in [0.25, 0.3) is 0 Å². The van der Waals surface area contributed by atoms with Crippen LogP contribution >= 0.6 is 0 Å². The van der Waals surface area contributed by atoms with Gasteiger partial charge in [-0.15, -0.1) is 0 Å². The Hall–Kier alpha value is -2.53. The number of ether oxygens (including phenoxy) is 2. The SMILES string of the molecule is CCOCCOc1ccc(NCC(=O)Nc2c(C)cc(C)cc2C)cc1. The van der Waals surface area contributed by atoms with E-state index in [0.29, 0.717) is 19.8 Å². The average Bonchev–Trinajstić information content (AvgIpc) is 2.61. The third kappa shape index (κ3) is 6.08. The minimum absolute atomic E-state index is 0.0721. The molecule has 2 aromatic rings. The average molecular weight is 356 g/mol. The summed E-state index contributed by atoms with van der Waals surface area (Å²) in [6.45, 7) is 10.0. The topological polar surface area (TPSA) is 59.6 Å². The Morgan fingerprint density at radius 1 is 1.00 bits per heavy atom. The molecule has 0 unspecified atom stereocenters. The van der Waals surface area contributed by atoms with Gasteiger partial charge in [0.2, 0.25) is 5.91 Å². The number of benzene rings is 2. The van der Waals surface area contributed by atoms with E-state index in [0.717, 1.165) is 28.3 Å². The monoisotopic (exact) mass is 356 g/mol. The molecule has 5 heteroatoms. The lowest BCUT2D eigenvalue weighted by molar-refractivity contribution is -0.114. The summed E-state index contributed by atoms with van der Waals surface area (Å²) >= 11 is 0. The Bertz CT molecular complexity index is 704. The van der Waals surface area contributed by atoms with E-state index in [9.17, 15) is 4.79 Å². The van der Waals surface area contributed by atoms with Gasteiger partial charge in [0.15, 0.2) is 0 Å². The Morgan fingerprint density at radius 3 is 2.27 bits per heavy atom. The molecule has 0 spiro atoms. The van der Waals surface area contributed by atoms with Crippen LogP contribution < -0.4 is 15.4 Å². The highest BCUT2D eigenvalue weighted by Crippen LogP contribution is 2.22. The molecule has 0 bridgehead atoms. The summed E-state index contributed by atoms with van der Waals surface area (Å²) in [5.74, 6) is 0.711. The molecule has 0 aliphatic carbocycles. The number of aryl methyl sites for hydroxylation is 3. The van der Waals surface area contributed by atoms with Gasteiger partial charge in [-0.05, 0) is 63.1 Å². The van der Waals surface area contributed by atoms with Crippen molar-refractivity contribution in [2.75, 3.05) is 37.0 Å². The van der Waals surface area contributed by atoms with Gasteiger partial charge in [-0.2, -0.15) is 0 Å². The number of anilines is 2. The maximum Gasteiger partial charge on any atom is 0.243 e. The van der Waals surface area contributed by atoms with Crippen LogP contribution in [0.1, 0.15) is 23.6 Å². The van der Waals surface area contributed by atoms with Crippen LogP contribution in [-0.2, 0) is 9.53 Å². The van der Waals surface area contributed by atoms with Crippen molar-refractivity contribution in [2.24, 2.45) is 0 Å². The third-order valence-corrected chi connectivity index (χ3v) is 3.95. The number of rotatable bonds is 9. The lowest BCUT2D eigenvalue weighted by Gasteiger charge is -2.14. The van der Waals surface area contributed by atoms with Crippen LogP contribution in [0.15, 0.2) is 36.4 Å². The highest BCUT2D eigenvalue weighted by atomic mass is 16.5. The van der Waals surface area contributed by atoms with Gasteiger partial charge in [0.05, 0.1) is 13.2 Å². The summed E-state index contributed by atoms with van der Waals surface area (Å²) in [7, 11) is 0. The molecule has 1 amide bonds. The molecule has 0 aliphatic heterocycles. The smallest absolute Gasteiger partial charge is 0.243 e. The first-order valence-corrected chi connectivity index (χ1v) is 8.91. The van der Waals surface area contributed by atoms with Crippen LogP contribution in [-0.4, -0.2) is 32.3 Å². The van der Waals surface area contributed by atoms with Gasteiger partial charge in [-0.3, -0.25) is 4.79 Å². The normalized spacial score (nSPS) is 10.5. The highest BCUT2D eigenvalue weighted by molar-refractivity contribution is 5.95. The molecule has 2 aromatic carbocycles. The predicted octanol–water partition coefficient (Wildman–Crippen LogP) is 4.08. The number of amides is 1. The van der Waals surface area contributed by atoms with Gasteiger partial charge < -0.3 is 20.1 Å². The summed E-state index contributed by atoms with van der Waals surface area (Å²) in [6, 6.07) is 11.7. The highest BCUT2D eigenvalue weighted by Gasteiger charge is 2.08. The van der Waals surface area contributed by atoms with E-state index < -0.39 is 0 Å². The molecule has 0 saturated carbocycles. The molecule has 0 atom stereocenters. The molecule has 2 N–H and O–H groups in total. The first-order valence-electron chi connectivity index (χ1n) is 8.91. The zero-order chi connectivity index (χ0) is 18.9. The van der Waals surface area contributed by atoms with Crippen molar-refractivity contribution >= 4 is 17.3 Å². The fraction of sp³-hybridized carbons (Fsp3) is 0.381. The lowest BCUT2D eigenvalue weighted by Crippen LogP contribution is -2.22. The predicted molar refractivity (Wildman–Crippen MR) is 106 cm³/mol. The molecule has 0 aliphatic rings. The minimum Gasteiger partial charge on any atom is -0.491 e. The summed E-state index contributed by atoms with van der Waals surface area (Å²) < 4.78 is 10.8. The van der Waals surface area contributed by atoms with Crippen molar-refractivity contribution < 1.29 is 14.3 Å². The zero-order valence-corrected chi connectivity index (χ0v) is 16.0. The number of nitrogens with one attached hydrogen (secondary N) is 2. The number of hydrogen-bond donors (Lipinski definition) is 2. The lowest BCUT2D eigenvalue weighted by atomic mass is 10.1. The van der Waals surface area contributed by atoms with Crippen molar-refractivity contribution in [3.05, 3.63) is 53.1 Å². The molecule has 26 heavy (non-hydrogen) atoms. The van der Waals surface area contributed by atoms with Crippen molar-refractivity contribution in [3.8, 4) is 5.75 Å². The molecule has 0 aromatic heterocycles. The summed E-state index contributed by atoms with van der Waals surface area (Å²) in [5.41, 5.74) is 5.10. The van der Waals surface area contributed by atoms with E-state index in [1.54, 1.807) is 0 Å². The first kappa shape index (κ1) is 19.8. The minimum atomic E-state index is -0.0721. The summed E-state index contributed by atoms with van der Waals surface area (Å²) in [5, 5.41) is 6.11. The van der Waals surface area contributed by atoms with E-state index >= 15 is 0 Å². The third-order valence-electron chi connectivity index (χ3n) is 3.95. The largest absolute Gasteiger partial charge is 0.491 e. The Labute approximate surface area is 155 Å². The second kappa shape index (κ2) is 9.82. The molecule has 0 fully saturated rings. The number of hydrogen-bond acceptors (Lipinski definition) is 4. The molecule has 140 valence electrons. The molecule has 0 radical (unpaired) electrons. The van der Waals surface area contributed by atoms with Crippen molar-refractivity contribution in [2.45, 2.75) is 27.7 Å². The van der Waals surface area contributed by atoms with Crippen LogP contribution in [0.2, 0.25) is 0 Å². The van der Waals surface area contributed by atoms with Crippen LogP contribution in [0.4, 0.5) is 11.4 Å². The fourth-order valence-electron chi connectivity index (χ4n) is 2.77. The second-order valence-corrected chi connectivity index (χ2v) is 6.25. The van der Waals surface area contributed by atoms with Crippen molar-refractivity contribution in [1.82, 2.24) is 0 Å². The van der Waals surface area contributed by atoms with Crippen LogP contribution in [0.5, 0.6) is 5.75 Å². The standard InChI is InChI=1S/C21H28N2O3/c1-5-25-10-11-26-19-8-6-18(7-9-19)22-14-20(24)23-21-16(3)12-15(2)13-17(21)4/h6-9,12-13,22H,5,10-11,14H2,1-4H3,(H,23,24). The summed E-state index contributed by atoms with van der Waals surface area (Å²) in [4.78, 5) is 12.2. The van der Waals surface area contributed by atoms with E-state index in [1.165, 1.54) is 5.56 Å². The van der Waals surface area contributed by atoms with Crippen molar-refractivity contribution in [1.29, 1.82) is 0 Å². The molecule has 0 saturated heterocycles. The maximum atomic E-state index is 12.2. The quantitative estimate of drug-likeness (QED) is 0.665. The first-order chi connectivity index (χ1) is 12.5. The Kier molecular flexibility index (Phi) is 7.48. The Balaban J connectivity index is 1.82. The molecule has 0 heterocycles. The van der Waals surface area contributed by atoms with E-state index in [2.05, 4.69) is 29.7 Å². The van der Waals surface area contributed by atoms with Gasteiger partial charge in [0.1, 0.15) is 12.4 Å². The zero-order valence-electron chi connectivity index (χ0n) is 16.0. The van der Waals surface area contributed by atoms with E-state index in [-0.39, 0.29) is 12.5 Å². The molecular formula is C21H28N2O3. The fourth-order valence-corrected chi connectivity index (χ4v) is 2.77. The van der Waals surface area contributed by atoms with Crippen molar-refractivity contribution in [3.63, 3.8) is 0 Å². The number of carbonyl (C=O) groups excluding carboxylic acids is 1.